The molecule has 1 fully saturated rings. The average molecular weight is 457 g/mol. The van der Waals surface area contributed by atoms with E-state index >= 15 is 0 Å². The molecule has 0 aromatic heterocycles. The van der Waals surface area contributed by atoms with E-state index in [9.17, 15) is 13.2 Å². The molecule has 5 heteroatoms. The second-order valence-corrected chi connectivity index (χ2v) is 8.51. The van der Waals surface area contributed by atoms with Crippen molar-refractivity contribution in [2.45, 2.75) is 50.5 Å². The molecule has 1 aliphatic rings. The molecule has 3 rings (SSSR count). The highest BCUT2D eigenvalue weighted by Gasteiger charge is 2.26. The fourth-order valence-electron chi connectivity index (χ4n) is 4.30. The molecule has 0 unspecified atom stereocenters. The second kappa shape index (κ2) is 11.4. The second-order valence-electron chi connectivity index (χ2n) is 8.51. The van der Waals surface area contributed by atoms with Crippen molar-refractivity contribution in [3.63, 3.8) is 0 Å². The zero-order valence-corrected chi connectivity index (χ0v) is 19.3. The van der Waals surface area contributed by atoms with Crippen molar-refractivity contribution < 1.29 is 22.6 Å². The van der Waals surface area contributed by atoms with Crippen LogP contribution < -0.4 is 0 Å². The van der Waals surface area contributed by atoms with E-state index in [1.807, 2.05) is 12.1 Å². The van der Waals surface area contributed by atoms with Crippen molar-refractivity contribution >= 4 is 0 Å². The molecule has 2 aromatic carbocycles. The molecule has 1 aliphatic carbocycles. The van der Waals surface area contributed by atoms with Gasteiger partial charge in [0.1, 0.15) is 5.76 Å². The van der Waals surface area contributed by atoms with Crippen molar-refractivity contribution in [2.75, 3.05) is 14.2 Å². The molecule has 33 heavy (non-hydrogen) atoms. The van der Waals surface area contributed by atoms with Crippen LogP contribution in [0.1, 0.15) is 49.1 Å². The summed E-state index contributed by atoms with van der Waals surface area (Å²) in [6, 6.07) is 10.7. The van der Waals surface area contributed by atoms with Crippen molar-refractivity contribution in [1.29, 1.82) is 0 Å². The summed E-state index contributed by atoms with van der Waals surface area (Å²) < 4.78 is 53.8. The van der Waals surface area contributed by atoms with E-state index < -0.39 is 17.5 Å². The lowest BCUT2D eigenvalue weighted by Gasteiger charge is -2.28. The van der Waals surface area contributed by atoms with Gasteiger partial charge in [0.05, 0.1) is 13.2 Å². The molecule has 2 nitrogen and oxygen atoms in total. The van der Waals surface area contributed by atoms with E-state index in [0.717, 1.165) is 31.2 Å². The van der Waals surface area contributed by atoms with Gasteiger partial charge in [0.25, 0.3) is 0 Å². The van der Waals surface area contributed by atoms with Gasteiger partial charge in [-0.3, -0.25) is 0 Å². The van der Waals surface area contributed by atoms with Crippen LogP contribution in [0.25, 0.3) is 11.1 Å². The smallest absolute Gasteiger partial charge is 0.166 e. The van der Waals surface area contributed by atoms with E-state index in [-0.39, 0.29) is 23.3 Å². The topological polar surface area (TPSA) is 18.5 Å². The zero-order valence-electron chi connectivity index (χ0n) is 19.3. The molecule has 1 saturated carbocycles. The molecule has 0 radical (unpaired) electrons. The van der Waals surface area contributed by atoms with Gasteiger partial charge in [-0.25, -0.2) is 13.2 Å². The third-order valence-corrected chi connectivity index (χ3v) is 6.40. The van der Waals surface area contributed by atoms with Gasteiger partial charge in [-0.2, -0.15) is 0 Å². The van der Waals surface area contributed by atoms with Crippen molar-refractivity contribution in [3.8, 4) is 11.1 Å². The van der Waals surface area contributed by atoms with Crippen LogP contribution in [-0.2, 0) is 15.9 Å². The maximum atomic E-state index is 14.9. The fourth-order valence-corrected chi connectivity index (χ4v) is 4.30. The molecule has 0 heterocycles. The SMILES string of the molecule is C=C(/C=C(/F)C(=C)OC)CCc1ccc(-c2ccc(C3CCC(OC)CC3)c(F)c2F)cc1. The van der Waals surface area contributed by atoms with E-state index in [0.29, 0.717) is 29.5 Å². The van der Waals surface area contributed by atoms with Gasteiger partial charge in [0.15, 0.2) is 17.5 Å². The molecular formula is C28H31F3O2. The number of hydrogen-bond donors (Lipinski definition) is 0. The first-order valence-electron chi connectivity index (χ1n) is 11.2. The number of halogens is 3. The Bertz CT molecular complexity index is 1020. The molecule has 176 valence electrons. The van der Waals surface area contributed by atoms with E-state index in [1.165, 1.54) is 13.2 Å². The Labute approximate surface area is 194 Å². The van der Waals surface area contributed by atoms with Crippen LogP contribution in [0.15, 0.2) is 72.8 Å². The van der Waals surface area contributed by atoms with Gasteiger partial charge in [0.2, 0.25) is 0 Å². The standard InChI is InChI=1S/C28H31F3O2/c1-18(17-26(29)19(2)32-3)5-6-20-7-9-21(10-8-20)24-15-16-25(28(31)27(24)30)22-11-13-23(33-4)14-12-22/h7-10,15-17,22-23H,1-2,5-6,11-14H2,3-4H3/b26-17+. The summed E-state index contributed by atoms with van der Waals surface area (Å²) in [5.74, 6) is -2.12. The monoisotopic (exact) mass is 456 g/mol. The number of hydrogen-bond acceptors (Lipinski definition) is 2. The van der Waals surface area contributed by atoms with Crippen molar-refractivity contribution in [1.82, 2.24) is 0 Å². The Balaban J connectivity index is 1.66. The Hall–Kier alpha value is -2.79. The summed E-state index contributed by atoms with van der Waals surface area (Å²) in [5.41, 5.74) is 2.92. The highest BCUT2D eigenvalue weighted by Crippen LogP contribution is 2.37. The predicted molar refractivity (Wildman–Crippen MR) is 127 cm³/mol. The van der Waals surface area contributed by atoms with Crippen LogP contribution in [0.3, 0.4) is 0 Å². The summed E-state index contributed by atoms with van der Waals surface area (Å²) >= 11 is 0. The van der Waals surface area contributed by atoms with E-state index in [2.05, 4.69) is 13.2 Å². The van der Waals surface area contributed by atoms with Gasteiger partial charge in [-0.05, 0) is 67.2 Å². The van der Waals surface area contributed by atoms with Gasteiger partial charge >= 0.3 is 0 Å². The highest BCUT2D eigenvalue weighted by molar-refractivity contribution is 5.65. The Morgan fingerprint density at radius 3 is 2.24 bits per heavy atom. The largest absolute Gasteiger partial charge is 0.494 e. The number of ether oxygens (including phenoxy) is 2. The Morgan fingerprint density at radius 1 is 0.970 bits per heavy atom. The lowest BCUT2D eigenvalue weighted by Crippen LogP contribution is -2.20. The molecule has 0 saturated heterocycles. The van der Waals surface area contributed by atoms with Crippen LogP contribution in [0.4, 0.5) is 13.2 Å². The lowest BCUT2D eigenvalue weighted by molar-refractivity contribution is 0.0655. The zero-order chi connectivity index (χ0) is 24.0. The Kier molecular flexibility index (Phi) is 8.56. The van der Waals surface area contributed by atoms with Crippen LogP contribution >= 0.6 is 0 Å². The van der Waals surface area contributed by atoms with Crippen molar-refractivity contribution in [3.05, 3.63) is 95.6 Å². The first kappa shape index (κ1) is 24.8. The molecule has 0 spiro atoms. The summed E-state index contributed by atoms with van der Waals surface area (Å²) in [5, 5.41) is 0. The molecule has 0 atom stereocenters. The first-order chi connectivity index (χ1) is 15.8. The average Bonchev–Trinajstić information content (AvgIpc) is 2.84. The van der Waals surface area contributed by atoms with Crippen LogP contribution in [0.5, 0.6) is 0 Å². The van der Waals surface area contributed by atoms with Crippen LogP contribution in [0, 0.1) is 11.6 Å². The minimum absolute atomic E-state index is 0.0235. The predicted octanol–water partition coefficient (Wildman–Crippen LogP) is 7.81. The summed E-state index contributed by atoms with van der Waals surface area (Å²) in [7, 11) is 3.05. The third kappa shape index (κ3) is 6.17. The minimum atomic E-state index is -0.804. The summed E-state index contributed by atoms with van der Waals surface area (Å²) in [4.78, 5) is 0. The molecule has 0 amide bonds. The maximum Gasteiger partial charge on any atom is 0.166 e. The fraction of sp³-hybridized carbons (Fsp3) is 0.357. The van der Waals surface area contributed by atoms with E-state index in [1.54, 1.807) is 31.4 Å². The van der Waals surface area contributed by atoms with Crippen LogP contribution in [-0.4, -0.2) is 20.3 Å². The number of aryl methyl sites for hydroxylation is 1. The van der Waals surface area contributed by atoms with Gasteiger partial charge < -0.3 is 9.47 Å². The number of allylic oxidation sites excluding steroid dienone is 3. The summed E-state index contributed by atoms with van der Waals surface area (Å²) in [6.07, 6.45) is 6.03. The quantitative estimate of drug-likeness (QED) is 0.283. The molecule has 0 aliphatic heterocycles. The van der Waals surface area contributed by atoms with Gasteiger partial charge in [-0.15, -0.1) is 0 Å². The maximum absolute atomic E-state index is 14.9. The van der Waals surface area contributed by atoms with Gasteiger partial charge in [0, 0.05) is 12.7 Å². The highest BCUT2D eigenvalue weighted by atomic mass is 19.2. The lowest BCUT2D eigenvalue weighted by atomic mass is 9.82. The normalized spacial score (nSPS) is 18.8. The molecule has 0 bridgehead atoms. The molecule has 2 aromatic rings. The van der Waals surface area contributed by atoms with Gasteiger partial charge in [-0.1, -0.05) is 55.1 Å². The molecular weight excluding hydrogens is 425 g/mol. The van der Waals surface area contributed by atoms with Crippen molar-refractivity contribution in [2.24, 2.45) is 0 Å². The van der Waals surface area contributed by atoms with Crippen LogP contribution in [0.2, 0.25) is 0 Å². The van der Waals surface area contributed by atoms with E-state index in [4.69, 9.17) is 9.47 Å². The summed E-state index contributed by atoms with van der Waals surface area (Å²) in [6.45, 7) is 7.32. The molecule has 0 N–H and O–H groups in total. The third-order valence-electron chi connectivity index (χ3n) is 6.40. The first-order valence-corrected chi connectivity index (χ1v) is 11.2. The minimum Gasteiger partial charge on any atom is -0.494 e. The Morgan fingerprint density at radius 2 is 1.64 bits per heavy atom. The number of methoxy groups -OCH3 is 2. The number of rotatable bonds is 9. The number of benzene rings is 2.